The Hall–Kier alpha value is 2.97. The minimum atomic E-state index is -5.17. The molecule has 0 radical (unpaired) electrons. The Balaban J connectivity index is -0.0000000267. The molecule has 0 aromatic carbocycles. The van der Waals surface area contributed by atoms with Gasteiger partial charge in [0.05, 0.1) is 0 Å². The number of hydrogen-bond donors (Lipinski definition) is 0. The van der Waals surface area contributed by atoms with Gasteiger partial charge in [-0.15, -0.1) is 0 Å². The second kappa shape index (κ2) is 9.97. The van der Waals surface area contributed by atoms with Crippen LogP contribution in [0.2, 0.25) is 0 Å². The van der Waals surface area contributed by atoms with Crippen LogP contribution in [0.3, 0.4) is 0 Å². The smallest absolute Gasteiger partial charge is 2.00 e. The standard InChI is InChI=1S/2Ba.H2O4S.O/c;;1-5(2,3)4;/h;;(H2,1,2,3,4);/q2*+2;;-2/p-2. The third-order valence-corrected chi connectivity index (χ3v) is 0. The molecular weight excluding hydrogens is 387 g/mol. The van der Waals surface area contributed by atoms with Gasteiger partial charge < -0.3 is 14.6 Å². The monoisotopic (exact) mass is 388 g/mol. The van der Waals surface area contributed by atoms with E-state index in [1.807, 2.05) is 0 Å². The molecule has 0 rings (SSSR count). The Kier molecular flexibility index (Phi) is 28.0. The van der Waals surface area contributed by atoms with Crippen molar-refractivity contribution in [2.24, 2.45) is 0 Å². The van der Waals surface area contributed by atoms with Crippen molar-refractivity contribution in [3.8, 4) is 0 Å². The van der Waals surface area contributed by atoms with Crippen molar-refractivity contribution in [1.29, 1.82) is 0 Å². The van der Waals surface area contributed by atoms with Crippen molar-refractivity contribution in [2.75, 3.05) is 0 Å². The van der Waals surface area contributed by atoms with E-state index in [4.69, 9.17) is 17.5 Å². The predicted octanol–water partition coefficient (Wildman–Crippen LogP) is -2.22. The zero-order chi connectivity index (χ0) is 4.50. The predicted molar refractivity (Wildman–Crippen MR) is 22.7 cm³/mol. The molecule has 0 aliphatic rings. The van der Waals surface area contributed by atoms with Crippen molar-refractivity contribution in [1.82, 2.24) is 0 Å². The van der Waals surface area contributed by atoms with Crippen molar-refractivity contribution in [3.05, 3.63) is 0 Å². The van der Waals surface area contributed by atoms with Gasteiger partial charge in [-0.1, -0.05) is 0 Å². The maximum absolute atomic E-state index is 8.52. The molecule has 0 saturated carbocycles. The van der Waals surface area contributed by atoms with E-state index in [9.17, 15) is 0 Å². The molecule has 0 aromatic heterocycles. The van der Waals surface area contributed by atoms with Crippen LogP contribution >= 0.6 is 0 Å². The molecule has 8 heavy (non-hydrogen) atoms. The van der Waals surface area contributed by atoms with Gasteiger partial charge in [-0.05, 0) is 0 Å². The van der Waals surface area contributed by atoms with Gasteiger partial charge in [-0.3, -0.25) is 8.42 Å². The fourth-order valence-corrected chi connectivity index (χ4v) is 0. The molecule has 0 atom stereocenters. The summed E-state index contributed by atoms with van der Waals surface area (Å²) in [6, 6.07) is 0. The first-order valence-corrected chi connectivity index (χ1v) is 2.00. The third-order valence-electron chi connectivity index (χ3n) is 0. The molecule has 0 saturated heterocycles. The van der Waals surface area contributed by atoms with Gasteiger partial charge in [0, 0.05) is 10.4 Å². The Bertz CT molecular complexity index is 93.6. The fourth-order valence-electron chi connectivity index (χ4n) is 0. The zero-order valence-corrected chi connectivity index (χ0v) is 13.6. The summed E-state index contributed by atoms with van der Waals surface area (Å²) in [5.74, 6) is 0. The van der Waals surface area contributed by atoms with Crippen molar-refractivity contribution in [3.63, 3.8) is 0 Å². The van der Waals surface area contributed by atoms with Crippen LogP contribution < -0.4 is 0 Å². The molecule has 0 N–H and O–H groups in total. The number of hydrogen-bond acceptors (Lipinski definition) is 4. The van der Waals surface area contributed by atoms with E-state index in [1.165, 1.54) is 0 Å². The van der Waals surface area contributed by atoms with Crippen LogP contribution in [-0.2, 0) is 15.9 Å². The van der Waals surface area contributed by atoms with E-state index >= 15 is 0 Å². The first-order valence-electron chi connectivity index (χ1n) is 0.667. The van der Waals surface area contributed by atoms with Gasteiger partial charge in [0.15, 0.2) is 0 Å². The molecule has 0 aliphatic heterocycles. The minimum Gasteiger partial charge on any atom is -2.00 e. The van der Waals surface area contributed by atoms with Gasteiger partial charge >= 0.3 is 97.8 Å². The Morgan fingerprint density at radius 3 is 1.00 bits per heavy atom. The summed E-state index contributed by atoms with van der Waals surface area (Å²) in [6.07, 6.45) is 0. The molecule has 0 unspecified atom stereocenters. The van der Waals surface area contributed by atoms with Gasteiger partial charge in [0.2, 0.25) is 0 Å². The summed E-state index contributed by atoms with van der Waals surface area (Å²) < 4.78 is 34.1. The molecule has 0 aromatic rings. The van der Waals surface area contributed by atoms with E-state index < -0.39 is 10.4 Å². The van der Waals surface area contributed by atoms with Crippen molar-refractivity contribution < 1.29 is 23.0 Å². The number of rotatable bonds is 0. The van der Waals surface area contributed by atoms with E-state index in [0.717, 1.165) is 0 Å². The van der Waals surface area contributed by atoms with E-state index in [-0.39, 0.29) is 103 Å². The molecule has 40 valence electrons. The molecule has 5 nitrogen and oxygen atoms in total. The molecule has 0 fully saturated rings. The summed E-state index contributed by atoms with van der Waals surface area (Å²) in [4.78, 5) is 0. The summed E-state index contributed by atoms with van der Waals surface area (Å²) in [5.41, 5.74) is 0. The van der Waals surface area contributed by atoms with Crippen LogP contribution in [0.4, 0.5) is 0 Å². The van der Waals surface area contributed by atoms with Gasteiger partial charge in [0.25, 0.3) is 0 Å². The van der Waals surface area contributed by atoms with Crippen LogP contribution in [0.5, 0.6) is 0 Å². The van der Waals surface area contributed by atoms with Crippen LogP contribution in [0.1, 0.15) is 0 Å². The quantitative estimate of drug-likeness (QED) is 0.267. The largest absolute Gasteiger partial charge is 2.00 e. The minimum absolute atomic E-state index is 0. The van der Waals surface area contributed by atoms with Crippen molar-refractivity contribution >= 4 is 108 Å². The van der Waals surface area contributed by atoms with Crippen LogP contribution in [-0.4, -0.2) is 115 Å². The summed E-state index contributed by atoms with van der Waals surface area (Å²) in [5, 5.41) is 0. The molecule has 8 heteroatoms. The first-order chi connectivity index (χ1) is 2.00. The Morgan fingerprint density at radius 2 is 1.00 bits per heavy atom. The summed E-state index contributed by atoms with van der Waals surface area (Å²) >= 11 is 0. The van der Waals surface area contributed by atoms with E-state index in [0.29, 0.717) is 0 Å². The molecule has 0 spiro atoms. The zero-order valence-electron chi connectivity index (χ0n) is 3.86. The molecule has 0 amide bonds. The molecule has 0 aliphatic carbocycles. The third kappa shape index (κ3) is 64.5. The van der Waals surface area contributed by atoms with Crippen LogP contribution in [0, 0.1) is 0 Å². The fraction of sp³-hybridized carbons (Fsp3) is 0. The van der Waals surface area contributed by atoms with Gasteiger partial charge in [-0.25, -0.2) is 0 Å². The van der Waals surface area contributed by atoms with Gasteiger partial charge in [0.1, 0.15) is 0 Å². The summed E-state index contributed by atoms with van der Waals surface area (Å²) in [7, 11) is -5.17. The second-order valence-corrected chi connectivity index (χ2v) is 1.22. The maximum Gasteiger partial charge on any atom is 2.00 e. The van der Waals surface area contributed by atoms with E-state index in [2.05, 4.69) is 0 Å². The van der Waals surface area contributed by atoms with Crippen molar-refractivity contribution in [2.45, 2.75) is 0 Å². The SMILES string of the molecule is O=S(=O)([O-])[O-].[Ba+2].[Ba+2].[O-2]. The van der Waals surface area contributed by atoms with Crippen LogP contribution in [0.15, 0.2) is 0 Å². The second-order valence-electron chi connectivity index (χ2n) is 0.408. The normalized spacial score (nSPS) is 7.25. The first kappa shape index (κ1) is 22.4. The molecular formula is Ba2O5S. The van der Waals surface area contributed by atoms with E-state index in [1.54, 1.807) is 0 Å². The summed E-state index contributed by atoms with van der Waals surface area (Å²) in [6.45, 7) is 0. The Labute approximate surface area is 128 Å². The average molecular weight is 387 g/mol. The topological polar surface area (TPSA) is 109 Å². The average Bonchev–Trinajstić information content (AvgIpc) is 0.722. The Morgan fingerprint density at radius 1 is 1.00 bits per heavy atom. The van der Waals surface area contributed by atoms with Crippen LogP contribution in [0.25, 0.3) is 0 Å². The van der Waals surface area contributed by atoms with Gasteiger partial charge in [-0.2, -0.15) is 0 Å². The molecule has 0 heterocycles. The maximum atomic E-state index is 8.52. The molecule has 0 bridgehead atoms.